The fourth-order valence-corrected chi connectivity index (χ4v) is 2.97. The maximum absolute atomic E-state index is 11.6. The van der Waals surface area contributed by atoms with Crippen molar-refractivity contribution in [1.82, 2.24) is 5.32 Å². The van der Waals surface area contributed by atoms with Crippen LogP contribution in [-0.2, 0) is 4.79 Å². The van der Waals surface area contributed by atoms with Crippen LogP contribution >= 0.6 is 15.9 Å². The quantitative estimate of drug-likeness (QED) is 0.767. The topological polar surface area (TPSA) is 29.1 Å². The molecule has 0 aliphatic heterocycles. The van der Waals surface area contributed by atoms with Crippen LogP contribution < -0.4 is 5.32 Å². The second-order valence-corrected chi connectivity index (χ2v) is 5.12. The molecule has 0 aromatic heterocycles. The minimum Gasteiger partial charge on any atom is -0.353 e. The lowest BCUT2D eigenvalue weighted by atomic mass is 9.86. The molecule has 0 bridgehead atoms. The van der Waals surface area contributed by atoms with E-state index in [0.717, 1.165) is 24.6 Å². The van der Waals surface area contributed by atoms with Crippen LogP contribution in [0.25, 0.3) is 0 Å². The Kier molecular flexibility index (Phi) is 6.30. The summed E-state index contributed by atoms with van der Waals surface area (Å²) in [5.41, 5.74) is 0. The van der Waals surface area contributed by atoms with Crippen molar-refractivity contribution in [3.8, 4) is 0 Å². The summed E-state index contributed by atoms with van der Waals surface area (Å²) in [5, 5.41) is 4.21. The van der Waals surface area contributed by atoms with Crippen LogP contribution in [0.2, 0.25) is 0 Å². The first-order valence-electron chi connectivity index (χ1n) is 6.13. The molecule has 0 aromatic rings. The van der Waals surface area contributed by atoms with Gasteiger partial charge in [0.25, 0.3) is 0 Å². The van der Waals surface area contributed by atoms with Crippen molar-refractivity contribution in [3.63, 3.8) is 0 Å². The maximum atomic E-state index is 11.6. The molecule has 1 fully saturated rings. The van der Waals surface area contributed by atoms with Gasteiger partial charge in [-0.25, -0.2) is 0 Å². The Bertz CT molecular complexity index is 196. The molecule has 0 aromatic carbocycles. The van der Waals surface area contributed by atoms with Gasteiger partial charge >= 0.3 is 0 Å². The van der Waals surface area contributed by atoms with Crippen molar-refractivity contribution in [3.05, 3.63) is 0 Å². The second-order valence-electron chi connectivity index (χ2n) is 4.48. The Morgan fingerprint density at radius 2 is 2.13 bits per heavy atom. The Morgan fingerprint density at radius 3 is 2.80 bits per heavy atom. The Balaban J connectivity index is 2.30. The smallest absolute Gasteiger partial charge is 0.220 e. The summed E-state index contributed by atoms with van der Waals surface area (Å²) in [5.74, 6) is 0.888. The summed E-state index contributed by atoms with van der Waals surface area (Å²) in [6, 6.07) is 0.419. The molecule has 0 radical (unpaired) electrons. The Morgan fingerprint density at radius 1 is 1.40 bits per heavy atom. The van der Waals surface area contributed by atoms with Gasteiger partial charge in [-0.1, -0.05) is 42.1 Å². The van der Waals surface area contributed by atoms with E-state index in [1.165, 1.54) is 19.3 Å². The normalized spacial score (nSPS) is 26.3. The van der Waals surface area contributed by atoms with Crippen LogP contribution in [0.15, 0.2) is 0 Å². The van der Waals surface area contributed by atoms with Crippen LogP contribution in [0, 0.1) is 5.92 Å². The van der Waals surface area contributed by atoms with E-state index in [9.17, 15) is 4.79 Å². The third kappa shape index (κ3) is 4.54. The van der Waals surface area contributed by atoms with E-state index in [1.807, 2.05) is 0 Å². The molecular weight excluding hydrogens is 254 g/mol. The van der Waals surface area contributed by atoms with E-state index in [4.69, 9.17) is 0 Å². The van der Waals surface area contributed by atoms with Crippen molar-refractivity contribution in [2.24, 2.45) is 5.92 Å². The lowest BCUT2D eigenvalue weighted by molar-refractivity contribution is -0.122. The number of hydrogen-bond acceptors (Lipinski definition) is 1. The molecule has 0 heterocycles. The number of nitrogens with one attached hydrogen (secondary N) is 1. The molecule has 88 valence electrons. The summed E-state index contributed by atoms with van der Waals surface area (Å²) in [6.07, 6.45) is 7.80. The molecule has 1 aliphatic carbocycles. The van der Waals surface area contributed by atoms with E-state index in [1.54, 1.807) is 0 Å². The number of rotatable bonds is 5. The zero-order valence-electron chi connectivity index (χ0n) is 9.60. The highest BCUT2D eigenvalue weighted by Crippen LogP contribution is 2.25. The summed E-state index contributed by atoms with van der Waals surface area (Å²) in [6.45, 7) is 2.12. The molecule has 2 atom stereocenters. The summed E-state index contributed by atoms with van der Waals surface area (Å²) in [7, 11) is 0. The van der Waals surface area contributed by atoms with E-state index < -0.39 is 0 Å². The molecule has 3 heteroatoms. The molecule has 1 rings (SSSR count). The summed E-state index contributed by atoms with van der Waals surface area (Å²) < 4.78 is 0. The molecule has 2 nitrogen and oxygen atoms in total. The Hall–Kier alpha value is -0.0500. The zero-order valence-corrected chi connectivity index (χ0v) is 11.2. The number of unbranched alkanes of at least 4 members (excludes halogenated alkanes) is 1. The minimum atomic E-state index is 0.245. The van der Waals surface area contributed by atoms with E-state index in [0.29, 0.717) is 18.4 Å². The van der Waals surface area contributed by atoms with Gasteiger partial charge in [0.2, 0.25) is 5.91 Å². The maximum Gasteiger partial charge on any atom is 0.220 e. The second kappa shape index (κ2) is 7.26. The number of amides is 1. The first-order chi connectivity index (χ1) is 7.27. The molecule has 0 spiro atoms. The Labute approximate surface area is 101 Å². The lowest BCUT2D eigenvalue weighted by Crippen LogP contribution is -2.42. The number of halogens is 1. The molecule has 1 N–H and O–H groups in total. The van der Waals surface area contributed by atoms with E-state index in [2.05, 4.69) is 28.2 Å². The molecule has 15 heavy (non-hydrogen) atoms. The largest absolute Gasteiger partial charge is 0.353 e. The number of carbonyl (C=O) groups is 1. The highest BCUT2D eigenvalue weighted by atomic mass is 79.9. The van der Waals surface area contributed by atoms with E-state index in [-0.39, 0.29) is 5.91 Å². The lowest BCUT2D eigenvalue weighted by Gasteiger charge is -2.31. The highest BCUT2D eigenvalue weighted by Gasteiger charge is 2.25. The average Bonchev–Trinajstić information content (AvgIpc) is 2.27. The predicted octanol–water partition coefficient (Wildman–Crippen LogP) is 3.25. The third-order valence-electron chi connectivity index (χ3n) is 3.21. The van der Waals surface area contributed by atoms with Crippen molar-refractivity contribution < 1.29 is 4.79 Å². The van der Waals surface area contributed by atoms with Crippen molar-refractivity contribution in [2.45, 2.75) is 57.9 Å². The van der Waals surface area contributed by atoms with Gasteiger partial charge in [-0.3, -0.25) is 4.79 Å². The van der Waals surface area contributed by atoms with Gasteiger partial charge < -0.3 is 5.32 Å². The minimum absolute atomic E-state index is 0.245. The van der Waals surface area contributed by atoms with Gasteiger partial charge in [0, 0.05) is 17.8 Å². The number of alkyl halides is 1. The van der Waals surface area contributed by atoms with Crippen LogP contribution in [0.1, 0.15) is 51.9 Å². The first-order valence-corrected chi connectivity index (χ1v) is 7.25. The van der Waals surface area contributed by atoms with Crippen LogP contribution in [-0.4, -0.2) is 17.3 Å². The van der Waals surface area contributed by atoms with Crippen LogP contribution in [0.5, 0.6) is 0 Å². The first kappa shape index (κ1) is 13.0. The highest BCUT2D eigenvalue weighted by molar-refractivity contribution is 9.09. The van der Waals surface area contributed by atoms with Gasteiger partial charge in [0.1, 0.15) is 0 Å². The molecule has 1 aliphatic rings. The van der Waals surface area contributed by atoms with Gasteiger partial charge in [-0.2, -0.15) is 0 Å². The average molecular weight is 276 g/mol. The van der Waals surface area contributed by atoms with Gasteiger partial charge in [-0.05, 0) is 25.2 Å². The van der Waals surface area contributed by atoms with Crippen LogP contribution in [0.4, 0.5) is 0 Å². The monoisotopic (exact) mass is 275 g/mol. The summed E-state index contributed by atoms with van der Waals surface area (Å²) >= 11 is 3.54. The van der Waals surface area contributed by atoms with Gasteiger partial charge in [0.05, 0.1) is 0 Å². The molecule has 1 amide bonds. The van der Waals surface area contributed by atoms with Crippen molar-refractivity contribution in [1.29, 1.82) is 0 Å². The third-order valence-corrected chi connectivity index (χ3v) is 4.04. The van der Waals surface area contributed by atoms with E-state index >= 15 is 0 Å². The van der Waals surface area contributed by atoms with Gasteiger partial charge in [-0.15, -0.1) is 0 Å². The predicted molar refractivity (Wildman–Crippen MR) is 67.2 cm³/mol. The standard InChI is InChI=1S/C12H22BrNO/c1-2-3-8-12(15)14-11-7-5-4-6-10(11)9-13/h10-11H,2-9H2,1H3,(H,14,15). The van der Waals surface area contributed by atoms with Crippen LogP contribution in [0.3, 0.4) is 0 Å². The summed E-state index contributed by atoms with van der Waals surface area (Å²) in [4.78, 5) is 11.6. The van der Waals surface area contributed by atoms with Crippen molar-refractivity contribution >= 4 is 21.8 Å². The SMILES string of the molecule is CCCCC(=O)NC1CCCCC1CBr. The fourth-order valence-electron chi connectivity index (χ4n) is 2.20. The van der Waals surface area contributed by atoms with Crippen molar-refractivity contribution in [2.75, 3.05) is 5.33 Å². The zero-order chi connectivity index (χ0) is 11.1. The molecule has 0 saturated heterocycles. The molecule has 1 saturated carbocycles. The number of hydrogen-bond donors (Lipinski definition) is 1. The molecular formula is C12H22BrNO. The van der Waals surface area contributed by atoms with Gasteiger partial charge in [0.15, 0.2) is 0 Å². The number of carbonyl (C=O) groups excluding carboxylic acids is 1. The fraction of sp³-hybridized carbons (Fsp3) is 0.917. The molecule has 2 unspecified atom stereocenters.